The van der Waals surface area contributed by atoms with E-state index in [1.807, 2.05) is 0 Å². The topological polar surface area (TPSA) is 37.3 Å². The average Bonchev–Trinajstić information content (AvgIpc) is 2.19. The fraction of sp³-hybridized carbons (Fsp3) is 0.364. The molecular weight excluding hydrogens is 219 g/mol. The van der Waals surface area contributed by atoms with Crippen molar-refractivity contribution in [1.82, 2.24) is 0 Å². The summed E-state index contributed by atoms with van der Waals surface area (Å²) in [5.41, 5.74) is 1.41. The lowest BCUT2D eigenvalue weighted by molar-refractivity contribution is -0.138. The second-order valence-electron chi connectivity index (χ2n) is 3.57. The van der Waals surface area contributed by atoms with Gasteiger partial charge in [-0.3, -0.25) is 4.79 Å². The van der Waals surface area contributed by atoms with Gasteiger partial charge in [0.15, 0.2) is 0 Å². The van der Waals surface area contributed by atoms with Crippen LogP contribution in [0.15, 0.2) is 6.07 Å². The van der Waals surface area contributed by atoms with Crippen molar-refractivity contribution in [3.05, 3.63) is 33.6 Å². The second kappa shape index (κ2) is 4.19. The number of rotatable bonds is 2. The van der Waals surface area contributed by atoms with Crippen LogP contribution in [0.5, 0.6) is 0 Å². The van der Waals surface area contributed by atoms with Gasteiger partial charge in [0.2, 0.25) is 0 Å². The minimum absolute atomic E-state index is 0.304. The van der Waals surface area contributed by atoms with Crippen LogP contribution in [0.2, 0.25) is 5.02 Å². The highest BCUT2D eigenvalue weighted by atomic mass is 35.5. The van der Waals surface area contributed by atoms with Crippen molar-refractivity contribution in [2.45, 2.75) is 26.7 Å². The molecule has 0 fully saturated rings. The van der Waals surface area contributed by atoms with E-state index >= 15 is 0 Å². The smallest absolute Gasteiger partial charge is 0.310 e. The second-order valence-corrected chi connectivity index (χ2v) is 3.95. The number of halogens is 2. The van der Waals surface area contributed by atoms with Gasteiger partial charge in [0.05, 0.1) is 5.92 Å². The van der Waals surface area contributed by atoms with E-state index in [1.165, 1.54) is 13.0 Å². The number of benzene rings is 1. The summed E-state index contributed by atoms with van der Waals surface area (Å²) < 4.78 is 13.4. The van der Waals surface area contributed by atoms with E-state index in [4.69, 9.17) is 16.7 Å². The largest absolute Gasteiger partial charge is 0.481 e. The first-order valence-electron chi connectivity index (χ1n) is 4.54. The lowest BCUT2D eigenvalue weighted by Crippen LogP contribution is -2.10. The molecule has 0 aliphatic rings. The first-order chi connectivity index (χ1) is 6.86. The zero-order valence-electron chi connectivity index (χ0n) is 8.77. The summed E-state index contributed by atoms with van der Waals surface area (Å²) in [6, 6.07) is 1.25. The molecule has 0 saturated heterocycles. The summed E-state index contributed by atoms with van der Waals surface area (Å²) in [4.78, 5) is 10.8. The maximum Gasteiger partial charge on any atom is 0.310 e. The maximum absolute atomic E-state index is 13.4. The summed E-state index contributed by atoms with van der Waals surface area (Å²) in [6.07, 6.45) is 0. The molecule has 1 aromatic rings. The molecule has 1 rings (SSSR count). The van der Waals surface area contributed by atoms with Crippen molar-refractivity contribution in [3.8, 4) is 0 Å². The van der Waals surface area contributed by atoms with E-state index in [0.717, 1.165) is 0 Å². The standard InChI is InChI=1S/C11H12ClFO2/c1-5-8(6(2)11(14)15)4-9(13)7(3)10(5)12/h4,6H,1-3H3,(H,14,15). The Morgan fingerprint density at radius 1 is 1.47 bits per heavy atom. The zero-order valence-corrected chi connectivity index (χ0v) is 9.52. The Morgan fingerprint density at radius 2 is 2.00 bits per heavy atom. The van der Waals surface area contributed by atoms with Crippen LogP contribution in [0.4, 0.5) is 4.39 Å². The van der Waals surface area contributed by atoms with Gasteiger partial charge in [0.1, 0.15) is 5.82 Å². The Morgan fingerprint density at radius 3 is 2.47 bits per heavy atom. The van der Waals surface area contributed by atoms with Crippen LogP contribution in [-0.2, 0) is 4.79 Å². The van der Waals surface area contributed by atoms with Gasteiger partial charge < -0.3 is 5.11 Å². The monoisotopic (exact) mass is 230 g/mol. The molecule has 0 bridgehead atoms. The molecule has 2 nitrogen and oxygen atoms in total. The van der Waals surface area contributed by atoms with Crippen molar-refractivity contribution in [2.24, 2.45) is 0 Å². The van der Waals surface area contributed by atoms with E-state index in [9.17, 15) is 9.18 Å². The molecule has 1 atom stereocenters. The summed E-state index contributed by atoms with van der Waals surface area (Å²) in [6.45, 7) is 4.78. The molecule has 0 radical (unpaired) electrons. The number of hydrogen-bond acceptors (Lipinski definition) is 1. The molecule has 0 amide bonds. The minimum Gasteiger partial charge on any atom is -0.481 e. The predicted octanol–water partition coefficient (Wildman–Crippen LogP) is 3.28. The van der Waals surface area contributed by atoms with E-state index in [2.05, 4.69) is 0 Å². The van der Waals surface area contributed by atoms with Gasteiger partial charge in [-0.05, 0) is 38.0 Å². The number of aliphatic carboxylic acids is 1. The Kier molecular flexibility index (Phi) is 3.35. The fourth-order valence-electron chi connectivity index (χ4n) is 1.45. The average molecular weight is 231 g/mol. The van der Waals surface area contributed by atoms with Gasteiger partial charge in [-0.25, -0.2) is 4.39 Å². The van der Waals surface area contributed by atoms with Crippen molar-refractivity contribution >= 4 is 17.6 Å². The number of carbonyl (C=O) groups is 1. The third-order valence-corrected chi connectivity index (χ3v) is 3.14. The van der Waals surface area contributed by atoms with Crippen LogP contribution in [0.1, 0.15) is 29.5 Å². The summed E-state index contributed by atoms with van der Waals surface area (Å²) in [5, 5.41) is 9.15. The van der Waals surface area contributed by atoms with Gasteiger partial charge >= 0.3 is 5.97 Å². The molecule has 1 N–H and O–H groups in total. The molecule has 0 spiro atoms. The number of carboxylic acids is 1. The Balaban J connectivity index is 3.38. The maximum atomic E-state index is 13.4. The molecule has 1 unspecified atom stereocenters. The van der Waals surface area contributed by atoms with E-state index < -0.39 is 17.7 Å². The van der Waals surface area contributed by atoms with Gasteiger partial charge in [-0.2, -0.15) is 0 Å². The molecule has 15 heavy (non-hydrogen) atoms. The van der Waals surface area contributed by atoms with Crippen molar-refractivity contribution < 1.29 is 14.3 Å². The highest BCUT2D eigenvalue weighted by Crippen LogP contribution is 2.30. The molecule has 1 aromatic carbocycles. The Hall–Kier alpha value is -1.09. The van der Waals surface area contributed by atoms with Crippen molar-refractivity contribution in [2.75, 3.05) is 0 Å². The highest BCUT2D eigenvalue weighted by Gasteiger charge is 2.20. The van der Waals surface area contributed by atoms with Gasteiger partial charge in [0.25, 0.3) is 0 Å². The summed E-state index contributed by atoms with van der Waals surface area (Å²) in [7, 11) is 0. The van der Waals surface area contributed by atoms with Gasteiger partial charge in [-0.15, -0.1) is 0 Å². The van der Waals surface area contributed by atoms with Crippen LogP contribution in [0, 0.1) is 19.7 Å². The van der Waals surface area contributed by atoms with Crippen LogP contribution < -0.4 is 0 Å². The third kappa shape index (κ3) is 2.12. The minimum atomic E-state index is -0.989. The summed E-state index contributed by atoms with van der Waals surface area (Å²) in [5.74, 6) is -2.20. The fourth-order valence-corrected chi connectivity index (χ4v) is 1.65. The molecule has 4 heteroatoms. The van der Waals surface area contributed by atoms with E-state index in [0.29, 0.717) is 21.7 Å². The first-order valence-corrected chi connectivity index (χ1v) is 4.92. The molecule has 0 aromatic heterocycles. The Labute approximate surface area is 92.7 Å². The van der Waals surface area contributed by atoms with Gasteiger partial charge in [0, 0.05) is 10.6 Å². The predicted molar refractivity (Wildman–Crippen MR) is 56.9 cm³/mol. The number of hydrogen-bond donors (Lipinski definition) is 1. The van der Waals surface area contributed by atoms with Crippen molar-refractivity contribution in [1.29, 1.82) is 0 Å². The SMILES string of the molecule is Cc1c(F)cc(C(C)C(=O)O)c(C)c1Cl. The summed E-state index contributed by atoms with van der Waals surface area (Å²) >= 11 is 5.90. The van der Waals surface area contributed by atoms with Crippen LogP contribution in [0.3, 0.4) is 0 Å². The quantitative estimate of drug-likeness (QED) is 0.847. The molecular formula is C11H12ClFO2. The molecule has 0 saturated carbocycles. The molecule has 0 heterocycles. The van der Waals surface area contributed by atoms with E-state index in [-0.39, 0.29) is 0 Å². The van der Waals surface area contributed by atoms with Crippen molar-refractivity contribution in [3.63, 3.8) is 0 Å². The highest BCUT2D eigenvalue weighted by molar-refractivity contribution is 6.32. The lowest BCUT2D eigenvalue weighted by Gasteiger charge is -2.14. The molecule has 0 aliphatic carbocycles. The van der Waals surface area contributed by atoms with Crippen LogP contribution in [-0.4, -0.2) is 11.1 Å². The lowest BCUT2D eigenvalue weighted by atomic mass is 9.94. The number of carboxylic acid groups (broad SMARTS) is 1. The zero-order chi connectivity index (χ0) is 11.7. The first kappa shape index (κ1) is 12.0. The van der Waals surface area contributed by atoms with Gasteiger partial charge in [-0.1, -0.05) is 11.6 Å². The van der Waals surface area contributed by atoms with E-state index in [1.54, 1.807) is 13.8 Å². The third-order valence-electron chi connectivity index (χ3n) is 2.57. The Bertz CT molecular complexity index is 416. The normalized spacial score (nSPS) is 12.6. The molecule has 82 valence electrons. The van der Waals surface area contributed by atoms with Crippen LogP contribution >= 0.6 is 11.6 Å². The molecule has 0 aliphatic heterocycles. The van der Waals surface area contributed by atoms with Crippen LogP contribution in [0.25, 0.3) is 0 Å².